The van der Waals surface area contributed by atoms with Gasteiger partial charge >= 0.3 is 0 Å². The monoisotopic (exact) mass is 382 g/mol. The van der Waals surface area contributed by atoms with Crippen LogP contribution < -0.4 is 0 Å². The average molecular weight is 383 g/mol. The van der Waals surface area contributed by atoms with Crippen molar-refractivity contribution in [2.45, 2.75) is 6.92 Å². The average Bonchev–Trinajstić information content (AvgIpc) is 2.89. The van der Waals surface area contributed by atoms with E-state index in [1.54, 1.807) is 11.8 Å². The molecule has 1 amide bonds. The van der Waals surface area contributed by atoms with Crippen LogP contribution in [-0.2, 0) is 10.0 Å². The van der Waals surface area contributed by atoms with Gasteiger partial charge in [0, 0.05) is 26.2 Å². The van der Waals surface area contributed by atoms with Gasteiger partial charge in [-0.3, -0.25) is 4.79 Å². The summed E-state index contributed by atoms with van der Waals surface area (Å²) in [4.78, 5) is 14.5. The number of hydrogen-bond acceptors (Lipinski definition) is 4. The molecular weight excluding hydrogens is 364 g/mol. The second-order valence-electron chi connectivity index (χ2n) is 5.95. The Morgan fingerprint density at radius 1 is 1.12 bits per heavy atom. The van der Waals surface area contributed by atoms with Crippen LogP contribution >= 0.6 is 11.6 Å². The summed E-state index contributed by atoms with van der Waals surface area (Å²) in [7, 11) is -3.24. The first-order valence-corrected chi connectivity index (χ1v) is 10.1. The van der Waals surface area contributed by atoms with Crippen LogP contribution in [0.25, 0.3) is 5.69 Å². The first-order chi connectivity index (χ1) is 11.8. The number of nitrogens with zero attached hydrogens (tertiary/aromatic N) is 4. The van der Waals surface area contributed by atoms with Gasteiger partial charge in [-0.2, -0.15) is 9.40 Å². The Balaban J connectivity index is 1.83. The third-order valence-corrected chi connectivity index (χ3v) is 5.87. The number of para-hydroxylation sites is 1. The summed E-state index contributed by atoms with van der Waals surface area (Å²) in [6.45, 7) is 2.98. The molecule has 25 heavy (non-hydrogen) atoms. The van der Waals surface area contributed by atoms with Gasteiger partial charge in [0.15, 0.2) is 0 Å². The van der Waals surface area contributed by atoms with Gasteiger partial charge in [0.2, 0.25) is 10.0 Å². The van der Waals surface area contributed by atoms with E-state index in [9.17, 15) is 13.2 Å². The molecule has 1 fully saturated rings. The van der Waals surface area contributed by atoms with Crippen molar-refractivity contribution >= 4 is 27.5 Å². The summed E-state index contributed by atoms with van der Waals surface area (Å²) in [5.41, 5.74) is 1.68. The number of rotatable bonds is 3. The number of carbonyl (C=O) groups is 1. The molecule has 0 radical (unpaired) electrons. The smallest absolute Gasteiger partial charge is 0.258 e. The molecule has 1 aliphatic heterocycles. The van der Waals surface area contributed by atoms with E-state index in [-0.39, 0.29) is 24.1 Å². The number of benzene rings is 1. The molecule has 1 saturated heterocycles. The molecule has 0 atom stereocenters. The van der Waals surface area contributed by atoms with Gasteiger partial charge < -0.3 is 4.90 Å². The topological polar surface area (TPSA) is 75.5 Å². The lowest BCUT2D eigenvalue weighted by atomic mass is 10.2. The molecule has 0 spiro atoms. The van der Waals surface area contributed by atoms with Crippen LogP contribution in [0.5, 0.6) is 0 Å². The minimum absolute atomic E-state index is 0.224. The Labute approximate surface area is 151 Å². The second-order valence-corrected chi connectivity index (χ2v) is 8.29. The molecule has 2 aromatic rings. The molecule has 0 aliphatic carbocycles. The van der Waals surface area contributed by atoms with Gasteiger partial charge in [0.25, 0.3) is 5.91 Å². The van der Waals surface area contributed by atoms with E-state index < -0.39 is 10.0 Å². The Morgan fingerprint density at radius 3 is 2.28 bits per heavy atom. The molecule has 1 aromatic carbocycles. The highest BCUT2D eigenvalue weighted by Crippen LogP contribution is 2.25. The van der Waals surface area contributed by atoms with E-state index in [1.165, 1.54) is 15.2 Å². The third-order valence-electron chi connectivity index (χ3n) is 4.21. The van der Waals surface area contributed by atoms with Crippen molar-refractivity contribution in [1.82, 2.24) is 19.0 Å². The lowest BCUT2D eigenvalue weighted by Crippen LogP contribution is -2.50. The van der Waals surface area contributed by atoms with E-state index in [1.807, 2.05) is 30.3 Å². The highest BCUT2D eigenvalue weighted by atomic mass is 35.5. The molecule has 0 N–H and O–H groups in total. The van der Waals surface area contributed by atoms with Crippen LogP contribution in [-0.4, -0.2) is 65.7 Å². The van der Waals surface area contributed by atoms with E-state index in [0.717, 1.165) is 5.69 Å². The Hall–Kier alpha value is -1.90. The number of amides is 1. The van der Waals surface area contributed by atoms with Gasteiger partial charge in [-0.1, -0.05) is 29.8 Å². The molecule has 9 heteroatoms. The summed E-state index contributed by atoms with van der Waals surface area (Å²) in [5.74, 6) is -0.224. The van der Waals surface area contributed by atoms with Gasteiger partial charge in [0.05, 0.1) is 23.2 Å². The zero-order chi connectivity index (χ0) is 18.2. The molecule has 3 rings (SSSR count). The molecule has 1 aliphatic rings. The van der Waals surface area contributed by atoms with Gasteiger partial charge in [-0.05, 0) is 19.1 Å². The summed E-state index contributed by atoms with van der Waals surface area (Å²) < 4.78 is 26.1. The Morgan fingerprint density at radius 2 is 1.72 bits per heavy atom. The summed E-state index contributed by atoms with van der Waals surface area (Å²) in [6, 6.07) is 9.35. The van der Waals surface area contributed by atoms with E-state index in [2.05, 4.69) is 5.10 Å². The quantitative estimate of drug-likeness (QED) is 0.807. The number of carbonyl (C=O) groups excluding carboxylic acids is 1. The fourth-order valence-electron chi connectivity index (χ4n) is 2.86. The molecule has 134 valence electrons. The predicted octanol–water partition coefficient (Wildman–Crippen LogP) is 1.55. The number of piperazine rings is 1. The van der Waals surface area contributed by atoms with Crippen LogP contribution in [0, 0.1) is 6.92 Å². The molecular formula is C16H19ClN4O3S. The lowest BCUT2D eigenvalue weighted by molar-refractivity contribution is 0.0697. The van der Waals surface area contributed by atoms with Gasteiger partial charge in [-0.15, -0.1) is 0 Å². The lowest BCUT2D eigenvalue weighted by Gasteiger charge is -2.33. The summed E-state index contributed by atoms with van der Waals surface area (Å²) in [5, 5.41) is 4.64. The number of aromatic nitrogens is 2. The minimum atomic E-state index is -3.24. The summed E-state index contributed by atoms with van der Waals surface area (Å²) >= 11 is 6.43. The highest BCUT2D eigenvalue weighted by molar-refractivity contribution is 7.88. The largest absolute Gasteiger partial charge is 0.336 e. The molecule has 0 bridgehead atoms. The number of aryl methyl sites for hydroxylation is 1. The molecule has 2 heterocycles. The second kappa shape index (κ2) is 6.78. The Bertz CT molecular complexity index is 888. The fourth-order valence-corrected chi connectivity index (χ4v) is 4.04. The molecule has 0 saturated carbocycles. The van der Waals surface area contributed by atoms with Gasteiger partial charge in [-0.25, -0.2) is 13.1 Å². The molecule has 7 nitrogen and oxygen atoms in total. The standard InChI is InChI=1S/C16H19ClN4O3S/c1-12-14(15(17)21(18-12)13-6-4-3-5-7-13)16(22)19-8-10-20(11-9-19)25(2,23)24/h3-7H,8-11H2,1-2H3. The van der Waals surface area contributed by atoms with Crippen molar-refractivity contribution in [3.8, 4) is 5.69 Å². The van der Waals surface area contributed by atoms with Crippen molar-refractivity contribution in [3.05, 3.63) is 46.7 Å². The Kier molecular flexibility index (Phi) is 4.86. The van der Waals surface area contributed by atoms with Crippen molar-refractivity contribution in [1.29, 1.82) is 0 Å². The first-order valence-electron chi connectivity index (χ1n) is 7.84. The van der Waals surface area contributed by atoms with E-state index in [4.69, 9.17) is 11.6 Å². The van der Waals surface area contributed by atoms with Crippen molar-refractivity contribution in [2.24, 2.45) is 0 Å². The van der Waals surface area contributed by atoms with E-state index >= 15 is 0 Å². The van der Waals surface area contributed by atoms with Crippen LogP contribution in [0.4, 0.5) is 0 Å². The third kappa shape index (κ3) is 3.56. The zero-order valence-electron chi connectivity index (χ0n) is 14.0. The number of hydrogen-bond donors (Lipinski definition) is 0. The maximum absolute atomic E-state index is 12.9. The first kappa shape index (κ1) is 17.9. The zero-order valence-corrected chi connectivity index (χ0v) is 15.6. The van der Waals surface area contributed by atoms with Crippen LogP contribution in [0.3, 0.4) is 0 Å². The fraction of sp³-hybridized carbons (Fsp3) is 0.375. The van der Waals surface area contributed by atoms with E-state index in [0.29, 0.717) is 24.3 Å². The highest BCUT2D eigenvalue weighted by Gasteiger charge is 2.30. The SMILES string of the molecule is Cc1nn(-c2ccccc2)c(Cl)c1C(=O)N1CCN(S(C)(=O)=O)CC1. The van der Waals surface area contributed by atoms with Gasteiger partial charge in [0.1, 0.15) is 5.15 Å². The minimum Gasteiger partial charge on any atom is -0.336 e. The number of halogens is 1. The normalized spacial score (nSPS) is 16.2. The van der Waals surface area contributed by atoms with Crippen molar-refractivity contribution < 1.29 is 13.2 Å². The molecule has 1 aromatic heterocycles. The van der Waals surface area contributed by atoms with Crippen LogP contribution in [0.1, 0.15) is 16.1 Å². The molecule has 0 unspecified atom stereocenters. The van der Waals surface area contributed by atoms with Crippen molar-refractivity contribution in [3.63, 3.8) is 0 Å². The number of sulfonamides is 1. The van der Waals surface area contributed by atoms with Crippen molar-refractivity contribution in [2.75, 3.05) is 32.4 Å². The maximum atomic E-state index is 12.9. The summed E-state index contributed by atoms with van der Waals surface area (Å²) in [6.07, 6.45) is 1.18. The predicted molar refractivity (Wildman–Crippen MR) is 95.6 cm³/mol. The maximum Gasteiger partial charge on any atom is 0.258 e. The van der Waals surface area contributed by atoms with Crippen LogP contribution in [0.2, 0.25) is 5.15 Å². The van der Waals surface area contributed by atoms with Crippen LogP contribution in [0.15, 0.2) is 30.3 Å².